The zero-order chi connectivity index (χ0) is 17.9. The van der Waals surface area contributed by atoms with Gasteiger partial charge < -0.3 is 14.8 Å². The molecule has 3 aromatic rings. The van der Waals surface area contributed by atoms with Gasteiger partial charge in [0.1, 0.15) is 5.52 Å². The number of hydrogen-bond donors (Lipinski definition) is 1. The average Bonchev–Trinajstić information content (AvgIpc) is 3.07. The minimum Gasteiger partial charge on any atom is -0.350 e. The van der Waals surface area contributed by atoms with E-state index in [4.69, 9.17) is 0 Å². The standard InChI is InChI=1S/C19H22N6O/c1-24-13-22-16-12-21-19(23-17(16)24)20-11-14-5-7-15(8-6-14)18(26)25-9-3-2-4-10-25/h5-8,12-13H,2-4,9-11H2,1H3,(H,20,21,23). The van der Waals surface area contributed by atoms with Crippen molar-refractivity contribution in [2.75, 3.05) is 18.4 Å². The highest BCUT2D eigenvalue weighted by Gasteiger charge is 2.17. The molecule has 2 aromatic heterocycles. The number of carbonyl (C=O) groups excluding carboxylic acids is 1. The highest BCUT2D eigenvalue weighted by molar-refractivity contribution is 5.94. The molecule has 0 radical (unpaired) electrons. The summed E-state index contributed by atoms with van der Waals surface area (Å²) in [6, 6.07) is 7.76. The molecule has 0 unspecified atom stereocenters. The van der Waals surface area contributed by atoms with Gasteiger partial charge in [-0.05, 0) is 37.0 Å². The maximum atomic E-state index is 12.5. The Balaban J connectivity index is 1.40. The van der Waals surface area contributed by atoms with Crippen molar-refractivity contribution in [1.82, 2.24) is 24.4 Å². The molecule has 1 aliphatic heterocycles. The summed E-state index contributed by atoms with van der Waals surface area (Å²) in [6.07, 6.45) is 6.87. The molecule has 134 valence electrons. The van der Waals surface area contributed by atoms with Crippen LogP contribution in [-0.2, 0) is 13.6 Å². The normalized spacial score (nSPS) is 14.6. The molecule has 3 heterocycles. The van der Waals surface area contributed by atoms with Gasteiger partial charge in [0.15, 0.2) is 5.65 Å². The number of fused-ring (bicyclic) bond motifs is 1. The molecule has 26 heavy (non-hydrogen) atoms. The second kappa shape index (κ2) is 7.11. The first-order valence-electron chi connectivity index (χ1n) is 8.97. The Morgan fingerprint density at radius 1 is 1.12 bits per heavy atom. The Labute approximate surface area is 152 Å². The molecular formula is C19H22N6O. The van der Waals surface area contributed by atoms with E-state index in [0.717, 1.165) is 48.2 Å². The fraction of sp³-hybridized carbons (Fsp3) is 0.368. The number of anilines is 1. The summed E-state index contributed by atoms with van der Waals surface area (Å²) in [4.78, 5) is 27.4. The van der Waals surface area contributed by atoms with Gasteiger partial charge in [0.05, 0.1) is 12.5 Å². The van der Waals surface area contributed by atoms with Crippen LogP contribution in [0.1, 0.15) is 35.2 Å². The molecule has 0 spiro atoms. The minimum atomic E-state index is 0.134. The summed E-state index contributed by atoms with van der Waals surface area (Å²) < 4.78 is 1.86. The maximum absolute atomic E-state index is 12.5. The second-order valence-corrected chi connectivity index (χ2v) is 6.66. The number of aromatic nitrogens is 4. The van der Waals surface area contributed by atoms with E-state index in [0.29, 0.717) is 12.5 Å². The summed E-state index contributed by atoms with van der Waals surface area (Å²) in [7, 11) is 1.91. The number of rotatable bonds is 4. The molecule has 0 saturated carbocycles. The predicted octanol–water partition coefficient (Wildman–Crippen LogP) is 2.60. The van der Waals surface area contributed by atoms with Crippen molar-refractivity contribution in [2.24, 2.45) is 7.05 Å². The van der Waals surface area contributed by atoms with Gasteiger partial charge in [-0.2, -0.15) is 4.98 Å². The number of likely N-dealkylation sites (tertiary alicyclic amines) is 1. The Morgan fingerprint density at radius 3 is 2.65 bits per heavy atom. The number of carbonyl (C=O) groups is 1. The van der Waals surface area contributed by atoms with E-state index in [1.807, 2.05) is 40.8 Å². The van der Waals surface area contributed by atoms with Crippen molar-refractivity contribution >= 4 is 23.0 Å². The molecule has 1 amide bonds. The number of nitrogens with one attached hydrogen (secondary N) is 1. The van der Waals surface area contributed by atoms with Crippen LogP contribution < -0.4 is 5.32 Å². The van der Waals surface area contributed by atoms with E-state index in [-0.39, 0.29) is 5.91 Å². The third kappa shape index (κ3) is 3.37. The van der Waals surface area contributed by atoms with Gasteiger partial charge in [0, 0.05) is 32.2 Å². The van der Waals surface area contributed by atoms with Crippen LogP contribution in [-0.4, -0.2) is 43.4 Å². The largest absolute Gasteiger partial charge is 0.350 e. The maximum Gasteiger partial charge on any atom is 0.253 e. The quantitative estimate of drug-likeness (QED) is 0.783. The lowest BCUT2D eigenvalue weighted by Gasteiger charge is -2.26. The summed E-state index contributed by atoms with van der Waals surface area (Å²) in [6.45, 7) is 2.34. The number of amides is 1. The first-order valence-corrected chi connectivity index (χ1v) is 8.97. The topological polar surface area (TPSA) is 75.9 Å². The number of hydrogen-bond acceptors (Lipinski definition) is 5. The average molecular weight is 350 g/mol. The number of nitrogens with zero attached hydrogens (tertiary/aromatic N) is 5. The lowest BCUT2D eigenvalue weighted by Crippen LogP contribution is -2.35. The van der Waals surface area contributed by atoms with Crippen molar-refractivity contribution in [3.05, 3.63) is 47.9 Å². The fourth-order valence-corrected chi connectivity index (χ4v) is 3.23. The third-order valence-electron chi connectivity index (χ3n) is 4.75. The molecule has 4 rings (SSSR count). The smallest absolute Gasteiger partial charge is 0.253 e. The summed E-state index contributed by atoms with van der Waals surface area (Å²) >= 11 is 0. The number of piperidine rings is 1. The molecule has 1 N–H and O–H groups in total. The SMILES string of the molecule is Cn1cnc2cnc(NCc3ccc(C(=O)N4CCCCC4)cc3)nc21. The summed E-state index contributed by atoms with van der Waals surface area (Å²) in [5.74, 6) is 0.698. The van der Waals surface area contributed by atoms with Crippen molar-refractivity contribution < 1.29 is 4.79 Å². The van der Waals surface area contributed by atoms with E-state index >= 15 is 0 Å². The summed E-state index contributed by atoms with van der Waals surface area (Å²) in [5.41, 5.74) is 3.40. The molecule has 7 heteroatoms. The second-order valence-electron chi connectivity index (χ2n) is 6.66. The highest BCUT2D eigenvalue weighted by atomic mass is 16.2. The van der Waals surface area contributed by atoms with E-state index < -0.39 is 0 Å². The van der Waals surface area contributed by atoms with E-state index in [9.17, 15) is 4.79 Å². The Kier molecular flexibility index (Phi) is 4.51. The lowest BCUT2D eigenvalue weighted by molar-refractivity contribution is 0.0724. The molecule has 0 aliphatic carbocycles. The molecule has 1 aromatic carbocycles. The van der Waals surface area contributed by atoms with Crippen LogP contribution in [0.15, 0.2) is 36.8 Å². The molecule has 7 nitrogen and oxygen atoms in total. The number of benzene rings is 1. The first-order chi connectivity index (χ1) is 12.7. The van der Waals surface area contributed by atoms with Crippen molar-refractivity contribution in [1.29, 1.82) is 0 Å². The third-order valence-corrected chi connectivity index (χ3v) is 4.75. The van der Waals surface area contributed by atoms with Gasteiger partial charge in [0.2, 0.25) is 5.95 Å². The van der Waals surface area contributed by atoms with Crippen LogP contribution >= 0.6 is 0 Å². The minimum absolute atomic E-state index is 0.134. The fourth-order valence-electron chi connectivity index (χ4n) is 3.23. The van der Waals surface area contributed by atoms with Crippen LogP contribution in [0.25, 0.3) is 11.2 Å². The number of imidazole rings is 1. The molecular weight excluding hydrogens is 328 g/mol. The van der Waals surface area contributed by atoms with Gasteiger partial charge in [-0.1, -0.05) is 12.1 Å². The van der Waals surface area contributed by atoms with Crippen LogP contribution in [0, 0.1) is 0 Å². The highest BCUT2D eigenvalue weighted by Crippen LogP contribution is 2.15. The molecule has 1 fully saturated rings. The van der Waals surface area contributed by atoms with Crippen molar-refractivity contribution in [3.8, 4) is 0 Å². The van der Waals surface area contributed by atoms with E-state index in [1.54, 1.807) is 12.5 Å². The Morgan fingerprint density at radius 2 is 1.88 bits per heavy atom. The predicted molar refractivity (Wildman–Crippen MR) is 99.8 cm³/mol. The monoisotopic (exact) mass is 350 g/mol. The van der Waals surface area contributed by atoms with Crippen LogP contribution in [0.3, 0.4) is 0 Å². The van der Waals surface area contributed by atoms with Crippen molar-refractivity contribution in [3.63, 3.8) is 0 Å². The Hall–Kier alpha value is -2.96. The van der Waals surface area contributed by atoms with Crippen LogP contribution in [0.5, 0.6) is 0 Å². The molecule has 1 aliphatic rings. The Bertz CT molecular complexity index is 911. The van der Waals surface area contributed by atoms with Crippen molar-refractivity contribution in [2.45, 2.75) is 25.8 Å². The lowest BCUT2D eigenvalue weighted by atomic mass is 10.1. The van der Waals surface area contributed by atoms with Gasteiger partial charge in [0.25, 0.3) is 5.91 Å². The summed E-state index contributed by atoms with van der Waals surface area (Å²) in [5, 5.41) is 3.22. The molecule has 1 saturated heterocycles. The van der Waals surface area contributed by atoms with E-state index in [2.05, 4.69) is 20.3 Å². The molecule has 0 atom stereocenters. The zero-order valence-electron chi connectivity index (χ0n) is 14.9. The number of aryl methyl sites for hydroxylation is 1. The first kappa shape index (κ1) is 16.5. The van der Waals surface area contributed by atoms with Gasteiger partial charge in [-0.15, -0.1) is 0 Å². The van der Waals surface area contributed by atoms with Gasteiger partial charge in [-0.25, -0.2) is 9.97 Å². The zero-order valence-corrected chi connectivity index (χ0v) is 14.9. The van der Waals surface area contributed by atoms with Crippen LogP contribution in [0.4, 0.5) is 5.95 Å². The van der Waals surface area contributed by atoms with Gasteiger partial charge in [-0.3, -0.25) is 4.79 Å². The molecule has 0 bridgehead atoms. The van der Waals surface area contributed by atoms with Gasteiger partial charge >= 0.3 is 0 Å². The van der Waals surface area contributed by atoms with Crippen LogP contribution in [0.2, 0.25) is 0 Å². The van der Waals surface area contributed by atoms with E-state index in [1.165, 1.54) is 6.42 Å².